The molecule has 18 heavy (non-hydrogen) atoms. The van der Waals surface area contributed by atoms with Crippen LogP contribution in [0.5, 0.6) is 11.5 Å². The molecule has 2 rings (SSSR count). The number of methoxy groups -OCH3 is 2. The van der Waals surface area contributed by atoms with Gasteiger partial charge in [0.05, 0.1) is 25.7 Å². The highest BCUT2D eigenvalue weighted by Crippen LogP contribution is 2.35. The van der Waals surface area contributed by atoms with Gasteiger partial charge >= 0.3 is 0 Å². The zero-order chi connectivity index (χ0) is 13.1. The number of hydrogen-bond donors (Lipinski definition) is 0. The van der Waals surface area contributed by atoms with Crippen LogP contribution in [0.2, 0.25) is 5.22 Å². The van der Waals surface area contributed by atoms with Gasteiger partial charge < -0.3 is 14.0 Å². The minimum atomic E-state index is 0.204. The lowest BCUT2D eigenvalue weighted by atomic mass is 10.1. The molecule has 0 aliphatic rings. The van der Waals surface area contributed by atoms with Crippen LogP contribution >= 0.6 is 23.2 Å². The van der Waals surface area contributed by atoms with E-state index in [4.69, 9.17) is 37.2 Å². The van der Waals surface area contributed by atoms with Crippen LogP contribution in [0.3, 0.4) is 0 Å². The van der Waals surface area contributed by atoms with Crippen molar-refractivity contribution < 1.29 is 14.0 Å². The van der Waals surface area contributed by atoms with E-state index >= 15 is 0 Å². The molecule has 0 saturated heterocycles. The SMILES string of the molecule is COc1ccc(-c2noc(Cl)c2CCl)cc1OC. The van der Waals surface area contributed by atoms with Crippen LogP contribution in [0.15, 0.2) is 22.7 Å². The van der Waals surface area contributed by atoms with Gasteiger partial charge in [0.15, 0.2) is 11.5 Å². The average Bonchev–Trinajstić information content (AvgIpc) is 2.78. The first-order valence-corrected chi connectivity index (χ1v) is 6.05. The molecule has 1 aromatic heterocycles. The summed E-state index contributed by atoms with van der Waals surface area (Å²) >= 11 is 11.7. The Hall–Kier alpha value is -1.39. The van der Waals surface area contributed by atoms with Crippen molar-refractivity contribution in [3.05, 3.63) is 29.0 Å². The lowest BCUT2D eigenvalue weighted by molar-refractivity contribution is 0.355. The maximum Gasteiger partial charge on any atom is 0.231 e. The molecule has 4 nitrogen and oxygen atoms in total. The van der Waals surface area contributed by atoms with E-state index in [1.54, 1.807) is 26.4 Å². The van der Waals surface area contributed by atoms with Gasteiger partial charge in [-0.1, -0.05) is 5.16 Å². The predicted octanol–water partition coefficient (Wildman–Crippen LogP) is 3.75. The third-order valence-electron chi connectivity index (χ3n) is 2.53. The molecule has 0 saturated carbocycles. The summed E-state index contributed by atoms with van der Waals surface area (Å²) in [5, 5.41) is 4.10. The van der Waals surface area contributed by atoms with Crippen molar-refractivity contribution in [1.82, 2.24) is 5.16 Å². The molecule has 0 aliphatic heterocycles. The van der Waals surface area contributed by atoms with Gasteiger partial charge in [0.1, 0.15) is 5.69 Å². The molecule has 0 radical (unpaired) electrons. The summed E-state index contributed by atoms with van der Waals surface area (Å²) < 4.78 is 15.3. The number of rotatable bonds is 4. The van der Waals surface area contributed by atoms with Crippen LogP contribution in [0.1, 0.15) is 5.56 Å². The molecule has 0 unspecified atom stereocenters. The fourth-order valence-corrected chi connectivity index (χ4v) is 2.12. The molecule has 0 fully saturated rings. The largest absolute Gasteiger partial charge is 0.493 e. The Kier molecular flexibility index (Phi) is 3.99. The second-order valence-electron chi connectivity index (χ2n) is 3.49. The molecule has 1 aromatic carbocycles. The monoisotopic (exact) mass is 287 g/mol. The summed E-state index contributed by atoms with van der Waals surface area (Å²) in [6, 6.07) is 5.42. The van der Waals surface area contributed by atoms with Crippen LogP contribution < -0.4 is 9.47 Å². The van der Waals surface area contributed by atoms with E-state index in [-0.39, 0.29) is 11.1 Å². The van der Waals surface area contributed by atoms with Crippen molar-refractivity contribution >= 4 is 23.2 Å². The van der Waals surface area contributed by atoms with Crippen molar-refractivity contribution in [2.24, 2.45) is 0 Å². The zero-order valence-electron chi connectivity index (χ0n) is 9.87. The smallest absolute Gasteiger partial charge is 0.231 e. The first-order chi connectivity index (χ1) is 8.71. The van der Waals surface area contributed by atoms with Crippen LogP contribution in [0.4, 0.5) is 0 Å². The molecular formula is C12H11Cl2NO3. The van der Waals surface area contributed by atoms with Crippen LogP contribution in [-0.2, 0) is 5.88 Å². The molecule has 6 heteroatoms. The lowest BCUT2D eigenvalue weighted by Gasteiger charge is -2.08. The van der Waals surface area contributed by atoms with Crippen LogP contribution in [0, 0.1) is 0 Å². The number of hydrogen-bond acceptors (Lipinski definition) is 4. The van der Waals surface area contributed by atoms with E-state index < -0.39 is 0 Å². The number of nitrogens with zero attached hydrogens (tertiary/aromatic N) is 1. The molecule has 0 aliphatic carbocycles. The van der Waals surface area contributed by atoms with Crippen molar-refractivity contribution in [1.29, 1.82) is 0 Å². The number of benzene rings is 1. The summed E-state index contributed by atoms with van der Waals surface area (Å²) in [5.74, 6) is 1.48. The number of aromatic nitrogens is 1. The van der Waals surface area contributed by atoms with Crippen LogP contribution in [-0.4, -0.2) is 19.4 Å². The molecule has 0 bridgehead atoms. The minimum absolute atomic E-state index is 0.204. The molecule has 0 atom stereocenters. The summed E-state index contributed by atoms with van der Waals surface area (Å²) in [5.41, 5.74) is 2.07. The fourth-order valence-electron chi connectivity index (χ4n) is 1.62. The highest BCUT2D eigenvalue weighted by Gasteiger charge is 2.16. The van der Waals surface area contributed by atoms with E-state index in [1.807, 2.05) is 6.07 Å². The first-order valence-electron chi connectivity index (χ1n) is 5.13. The summed E-state index contributed by atoms with van der Waals surface area (Å²) in [6.45, 7) is 0. The predicted molar refractivity (Wildman–Crippen MR) is 69.6 cm³/mol. The molecule has 2 aromatic rings. The third-order valence-corrected chi connectivity index (χ3v) is 3.10. The van der Waals surface area contributed by atoms with E-state index in [0.717, 1.165) is 5.56 Å². The molecule has 1 heterocycles. The Morgan fingerprint density at radius 3 is 2.56 bits per heavy atom. The van der Waals surface area contributed by atoms with Crippen molar-refractivity contribution in [2.75, 3.05) is 14.2 Å². The number of halogens is 2. The highest BCUT2D eigenvalue weighted by molar-refractivity contribution is 6.31. The van der Waals surface area contributed by atoms with Gasteiger partial charge in [0.25, 0.3) is 0 Å². The van der Waals surface area contributed by atoms with Gasteiger partial charge in [0.2, 0.25) is 5.22 Å². The maximum absolute atomic E-state index is 5.86. The molecule has 96 valence electrons. The van der Waals surface area contributed by atoms with Gasteiger partial charge in [0, 0.05) is 5.56 Å². The molecule has 0 spiro atoms. The normalized spacial score (nSPS) is 10.4. The first kappa shape index (κ1) is 13.1. The Bertz CT molecular complexity index is 554. The summed E-state index contributed by atoms with van der Waals surface area (Å²) in [6.07, 6.45) is 0. The zero-order valence-corrected chi connectivity index (χ0v) is 11.4. The average molecular weight is 288 g/mol. The lowest BCUT2D eigenvalue weighted by Crippen LogP contribution is -1.91. The maximum atomic E-state index is 5.86. The third kappa shape index (κ3) is 2.26. The standard InChI is InChI=1S/C12H11Cl2NO3/c1-16-9-4-3-7(5-10(9)17-2)11-8(6-13)12(14)18-15-11/h3-5H,6H2,1-2H3. The van der Waals surface area contributed by atoms with Gasteiger partial charge in [-0.2, -0.15) is 0 Å². The Labute approximate surface area is 114 Å². The number of ether oxygens (including phenoxy) is 2. The fraction of sp³-hybridized carbons (Fsp3) is 0.250. The van der Waals surface area contributed by atoms with E-state index in [1.165, 1.54) is 0 Å². The van der Waals surface area contributed by atoms with Gasteiger partial charge in [-0.3, -0.25) is 0 Å². The summed E-state index contributed by atoms with van der Waals surface area (Å²) in [7, 11) is 3.15. The molecule has 0 amide bonds. The Morgan fingerprint density at radius 1 is 1.22 bits per heavy atom. The van der Waals surface area contributed by atoms with Gasteiger partial charge in [-0.05, 0) is 29.8 Å². The second-order valence-corrected chi connectivity index (χ2v) is 4.10. The quantitative estimate of drug-likeness (QED) is 0.804. The van der Waals surface area contributed by atoms with Gasteiger partial charge in [-0.15, -0.1) is 11.6 Å². The Balaban J connectivity index is 2.50. The van der Waals surface area contributed by atoms with Crippen molar-refractivity contribution in [3.63, 3.8) is 0 Å². The molecule has 0 N–H and O–H groups in total. The summed E-state index contributed by atoms with van der Waals surface area (Å²) in [4.78, 5) is 0. The minimum Gasteiger partial charge on any atom is -0.493 e. The molecular weight excluding hydrogens is 277 g/mol. The topological polar surface area (TPSA) is 44.5 Å². The highest BCUT2D eigenvalue weighted by atomic mass is 35.5. The van der Waals surface area contributed by atoms with Gasteiger partial charge in [-0.25, -0.2) is 0 Å². The number of alkyl halides is 1. The van der Waals surface area contributed by atoms with Crippen molar-refractivity contribution in [2.45, 2.75) is 5.88 Å². The van der Waals surface area contributed by atoms with E-state index in [9.17, 15) is 0 Å². The van der Waals surface area contributed by atoms with E-state index in [2.05, 4.69) is 5.16 Å². The Morgan fingerprint density at radius 2 is 1.94 bits per heavy atom. The van der Waals surface area contributed by atoms with Crippen LogP contribution in [0.25, 0.3) is 11.3 Å². The van der Waals surface area contributed by atoms with E-state index in [0.29, 0.717) is 22.8 Å². The second kappa shape index (κ2) is 5.50. The van der Waals surface area contributed by atoms with Crippen molar-refractivity contribution in [3.8, 4) is 22.8 Å².